The normalized spacial score (nSPS) is 15.7. The number of nitrogens with one attached hydrogen (secondary N) is 1. The minimum atomic E-state index is -0.365. The summed E-state index contributed by atoms with van der Waals surface area (Å²) >= 11 is 0. The quantitative estimate of drug-likeness (QED) is 0.713. The van der Waals surface area contributed by atoms with Gasteiger partial charge in [0.15, 0.2) is 0 Å². The average molecular weight is 223 g/mol. The zero-order valence-electron chi connectivity index (χ0n) is 9.01. The Balaban J connectivity index is 2.06. The molecule has 7 nitrogen and oxygen atoms in total. The van der Waals surface area contributed by atoms with E-state index in [0.29, 0.717) is 12.4 Å². The van der Waals surface area contributed by atoms with Crippen LogP contribution in [0.3, 0.4) is 0 Å². The van der Waals surface area contributed by atoms with Gasteiger partial charge in [-0.1, -0.05) is 6.92 Å². The van der Waals surface area contributed by atoms with Gasteiger partial charge in [-0.3, -0.25) is 10.1 Å². The lowest BCUT2D eigenvalue weighted by atomic mass is 10.4. The zero-order valence-corrected chi connectivity index (χ0v) is 9.01. The maximum atomic E-state index is 11.3. The van der Waals surface area contributed by atoms with Crippen LogP contribution in [-0.4, -0.2) is 38.1 Å². The first-order valence-electron chi connectivity index (χ1n) is 5.16. The Kier molecular flexibility index (Phi) is 2.84. The second-order valence-corrected chi connectivity index (χ2v) is 3.61. The molecule has 0 bridgehead atoms. The van der Waals surface area contributed by atoms with Gasteiger partial charge in [0.05, 0.1) is 6.54 Å². The molecule has 0 saturated carbocycles. The summed E-state index contributed by atoms with van der Waals surface area (Å²) in [5, 5.41) is 6.28. The first-order valence-corrected chi connectivity index (χ1v) is 5.16. The number of urea groups is 1. The van der Waals surface area contributed by atoms with Crippen LogP contribution in [0.25, 0.3) is 0 Å². The van der Waals surface area contributed by atoms with Gasteiger partial charge in [-0.05, 0) is 6.42 Å². The molecule has 1 aliphatic heterocycles. The highest BCUT2D eigenvalue weighted by Crippen LogP contribution is 2.05. The number of imide groups is 1. The Hall–Kier alpha value is -1.92. The summed E-state index contributed by atoms with van der Waals surface area (Å²) in [7, 11) is 0. The molecule has 2 rings (SSSR count). The number of amides is 3. The summed E-state index contributed by atoms with van der Waals surface area (Å²) in [5.41, 5.74) is 0. The first-order chi connectivity index (χ1) is 7.70. The van der Waals surface area contributed by atoms with E-state index in [9.17, 15) is 9.59 Å². The largest absolute Gasteiger partial charge is 0.324 e. The number of carbonyl (C=O) groups is 2. The smallest absolute Gasteiger partial charge is 0.308 e. The van der Waals surface area contributed by atoms with Crippen LogP contribution >= 0.6 is 0 Å². The lowest BCUT2D eigenvalue weighted by Gasteiger charge is -2.12. The molecule has 16 heavy (non-hydrogen) atoms. The molecule has 0 spiro atoms. The van der Waals surface area contributed by atoms with Crippen LogP contribution in [0.4, 0.5) is 4.79 Å². The van der Waals surface area contributed by atoms with Gasteiger partial charge in [-0.15, -0.1) is 0 Å². The third-order valence-corrected chi connectivity index (χ3v) is 2.33. The van der Waals surface area contributed by atoms with Crippen molar-refractivity contribution in [3.05, 3.63) is 12.2 Å². The third-order valence-electron chi connectivity index (χ3n) is 2.33. The Bertz CT molecular complexity index is 414. The SMILES string of the molecule is CCCn1ncnc1CN1CC(=O)NC1=O. The van der Waals surface area contributed by atoms with Crippen molar-refractivity contribution in [2.24, 2.45) is 0 Å². The second-order valence-electron chi connectivity index (χ2n) is 3.61. The number of hydrogen-bond acceptors (Lipinski definition) is 4. The number of aromatic nitrogens is 3. The van der Waals surface area contributed by atoms with E-state index >= 15 is 0 Å². The number of rotatable bonds is 4. The Morgan fingerprint density at radius 2 is 2.31 bits per heavy atom. The van der Waals surface area contributed by atoms with Gasteiger partial charge in [0.1, 0.15) is 18.7 Å². The number of hydrogen-bond donors (Lipinski definition) is 1. The molecule has 0 aliphatic carbocycles. The zero-order chi connectivity index (χ0) is 11.5. The van der Waals surface area contributed by atoms with E-state index in [4.69, 9.17) is 0 Å². The van der Waals surface area contributed by atoms with Crippen molar-refractivity contribution in [2.75, 3.05) is 6.54 Å². The minimum absolute atomic E-state index is 0.0951. The molecule has 1 aromatic heterocycles. The molecule has 3 amide bonds. The van der Waals surface area contributed by atoms with Gasteiger partial charge in [0.25, 0.3) is 0 Å². The maximum absolute atomic E-state index is 11.3. The average Bonchev–Trinajstić information content (AvgIpc) is 2.77. The molecule has 1 aliphatic rings. The molecule has 0 aromatic carbocycles. The molecule has 0 atom stereocenters. The van der Waals surface area contributed by atoms with E-state index < -0.39 is 0 Å². The first kappa shape index (κ1) is 10.6. The highest BCUT2D eigenvalue weighted by atomic mass is 16.2. The van der Waals surface area contributed by atoms with Crippen LogP contribution < -0.4 is 5.32 Å². The van der Waals surface area contributed by atoms with E-state index in [1.165, 1.54) is 11.2 Å². The van der Waals surface area contributed by atoms with Gasteiger partial charge in [-0.25, -0.2) is 14.5 Å². The number of aryl methyl sites for hydroxylation is 1. The van der Waals surface area contributed by atoms with Crippen LogP contribution in [0.1, 0.15) is 19.2 Å². The van der Waals surface area contributed by atoms with Crippen molar-refractivity contribution in [3.63, 3.8) is 0 Å². The summed E-state index contributed by atoms with van der Waals surface area (Å²) in [5.74, 6) is 0.429. The topological polar surface area (TPSA) is 80.1 Å². The van der Waals surface area contributed by atoms with Crippen molar-refractivity contribution in [1.29, 1.82) is 0 Å². The fourth-order valence-corrected chi connectivity index (χ4v) is 1.59. The third kappa shape index (κ3) is 2.02. The van der Waals surface area contributed by atoms with Crippen LogP contribution in [-0.2, 0) is 17.9 Å². The summed E-state index contributed by atoms with van der Waals surface area (Å²) in [6.45, 7) is 3.21. The van der Waals surface area contributed by atoms with Gasteiger partial charge < -0.3 is 4.90 Å². The van der Waals surface area contributed by atoms with Gasteiger partial charge in [0.2, 0.25) is 5.91 Å². The molecule has 1 N–H and O–H groups in total. The molecule has 1 saturated heterocycles. The van der Waals surface area contributed by atoms with Crippen molar-refractivity contribution in [1.82, 2.24) is 25.0 Å². The van der Waals surface area contributed by atoms with E-state index in [2.05, 4.69) is 15.4 Å². The van der Waals surface area contributed by atoms with Crippen LogP contribution in [0, 0.1) is 0 Å². The van der Waals surface area contributed by atoms with E-state index in [-0.39, 0.29) is 18.5 Å². The monoisotopic (exact) mass is 223 g/mol. The Labute approximate surface area is 92.4 Å². The molecule has 86 valence electrons. The number of nitrogens with zero attached hydrogens (tertiary/aromatic N) is 4. The van der Waals surface area contributed by atoms with Gasteiger partial charge >= 0.3 is 6.03 Å². The summed E-state index contributed by atoms with van der Waals surface area (Å²) in [6, 6.07) is -0.365. The fourth-order valence-electron chi connectivity index (χ4n) is 1.59. The highest BCUT2D eigenvalue weighted by Gasteiger charge is 2.27. The summed E-state index contributed by atoms with van der Waals surface area (Å²) in [4.78, 5) is 27.8. The Morgan fingerprint density at radius 3 is 2.94 bits per heavy atom. The lowest BCUT2D eigenvalue weighted by Crippen LogP contribution is -2.29. The van der Waals surface area contributed by atoms with E-state index in [0.717, 1.165) is 13.0 Å². The van der Waals surface area contributed by atoms with E-state index in [1.807, 2.05) is 6.92 Å². The van der Waals surface area contributed by atoms with Gasteiger partial charge in [0, 0.05) is 6.54 Å². The van der Waals surface area contributed by atoms with Crippen LogP contribution in [0.2, 0.25) is 0 Å². The van der Waals surface area contributed by atoms with Crippen LogP contribution in [0.15, 0.2) is 6.33 Å². The summed E-state index contributed by atoms with van der Waals surface area (Å²) < 4.78 is 1.75. The molecule has 1 fully saturated rings. The molecule has 0 unspecified atom stereocenters. The van der Waals surface area contributed by atoms with Crippen molar-refractivity contribution in [3.8, 4) is 0 Å². The number of carbonyl (C=O) groups excluding carboxylic acids is 2. The molecule has 7 heteroatoms. The fraction of sp³-hybridized carbons (Fsp3) is 0.556. The second kappa shape index (κ2) is 4.30. The molecular formula is C9H13N5O2. The van der Waals surface area contributed by atoms with Crippen LogP contribution in [0.5, 0.6) is 0 Å². The molecule has 0 radical (unpaired) electrons. The minimum Gasteiger partial charge on any atom is -0.308 e. The summed E-state index contributed by atoms with van der Waals surface area (Å²) in [6.07, 6.45) is 2.41. The lowest BCUT2D eigenvalue weighted by molar-refractivity contribution is -0.118. The predicted octanol–water partition coefficient (Wildman–Crippen LogP) is -0.260. The molecular weight excluding hydrogens is 210 g/mol. The predicted molar refractivity (Wildman–Crippen MR) is 54.3 cm³/mol. The Morgan fingerprint density at radius 1 is 1.50 bits per heavy atom. The highest BCUT2D eigenvalue weighted by molar-refractivity contribution is 6.01. The maximum Gasteiger partial charge on any atom is 0.324 e. The van der Waals surface area contributed by atoms with E-state index in [1.54, 1.807) is 4.68 Å². The van der Waals surface area contributed by atoms with Crippen molar-refractivity contribution in [2.45, 2.75) is 26.4 Å². The standard InChI is InChI=1S/C9H13N5O2/c1-2-3-14-7(10-6-11-14)4-13-5-8(15)12-9(13)16/h6H,2-5H2,1H3,(H,12,15,16). The van der Waals surface area contributed by atoms with Crippen molar-refractivity contribution < 1.29 is 9.59 Å². The molecule has 2 heterocycles. The van der Waals surface area contributed by atoms with Gasteiger partial charge in [-0.2, -0.15) is 5.10 Å². The molecule has 1 aromatic rings. The van der Waals surface area contributed by atoms with Crippen molar-refractivity contribution >= 4 is 11.9 Å².